The average Bonchev–Trinajstić information content (AvgIpc) is 2.45. The number of carbonyl (C=O) groups is 1. The van der Waals surface area contributed by atoms with Gasteiger partial charge in [0.05, 0.1) is 18.8 Å². The molecule has 7 heteroatoms. The Kier molecular flexibility index (Phi) is 8.15. The summed E-state index contributed by atoms with van der Waals surface area (Å²) in [6, 6.07) is 0.371. The van der Waals surface area contributed by atoms with E-state index in [9.17, 15) is 13.2 Å². The molecule has 0 spiro atoms. The van der Waals surface area contributed by atoms with Crippen LogP contribution < -0.4 is 0 Å². The molecule has 1 aliphatic heterocycles. The van der Waals surface area contributed by atoms with E-state index >= 15 is 0 Å². The van der Waals surface area contributed by atoms with E-state index in [4.69, 9.17) is 4.74 Å². The van der Waals surface area contributed by atoms with Gasteiger partial charge in [-0.05, 0) is 32.2 Å². The van der Waals surface area contributed by atoms with Gasteiger partial charge < -0.3 is 4.74 Å². The van der Waals surface area contributed by atoms with Crippen LogP contribution in [0, 0.1) is 0 Å². The van der Waals surface area contributed by atoms with Crippen LogP contribution in [0.3, 0.4) is 0 Å². The van der Waals surface area contributed by atoms with Gasteiger partial charge in [0.15, 0.2) is 0 Å². The number of hydrogen-bond donors (Lipinski definition) is 0. The number of piperidine rings is 1. The molecule has 0 aromatic rings. The van der Waals surface area contributed by atoms with E-state index in [0.717, 1.165) is 25.3 Å². The summed E-state index contributed by atoms with van der Waals surface area (Å²) in [5, 5.41) is 0. The van der Waals surface area contributed by atoms with Crippen molar-refractivity contribution in [1.82, 2.24) is 4.31 Å². The van der Waals surface area contributed by atoms with Crippen molar-refractivity contribution < 1.29 is 17.9 Å². The highest BCUT2D eigenvalue weighted by Crippen LogP contribution is 2.31. The first-order chi connectivity index (χ1) is 11.1. The highest BCUT2D eigenvalue weighted by molar-refractivity contribution is 7.89. The van der Waals surface area contributed by atoms with Gasteiger partial charge in [-0.3, -0.25) is 4.79 Å². The Morgan fingerprint density at radius 3 is 2.46 bits per heavy atom. The van der Waals surface area contributed by atoms with Crippen molar-refractivity contribution in [2.45, 2.75) is 76.8 Å². The van der Waals surface area contributed by atoms with Crippen LogP contribution in [-0.4, -0.2) is 51.2 Å². The molecule has 1 heterocycles. The number of nitrogens with zero attached hydrogens (tertiary/aromatic N) is 1. The molecular weight excluding hydrogens is 342 g/mol. The van der Waals surface area contributed by atoms with Crippen molar-refractivity contribution >= 4 is 24.1 Å². The zero-order chi connectivity index (χ0) is 18.4. The molecule has 0 unspecified atom stereocenters. The van der Waals surface area contributed by atoms with Crippen molar-refractivity contribution in [2.75, 3.05) is 12.4 Å². The second-order valence-electron chi connectivity index (χ2n) is 7.73. The largest absolute Gasteiger partial charge is 0.466 e. The Bertz CT molecular complexity index is 527. The summed E-state index contributed by atoms with van der Waals surface area (Å²) in [6.45, 7) is 12.4. The first-order valence-corrected chi connectivity index (χ1v) is 14.2. The van der Waals surface area contributed by atoms with Gasteiger partial charge in [-0.2, -0.15) is 4.31 Å². The highest BCUT2D eigenvalue weighted by atomic mass is 32.2. The molecule has 1 aliphatic rings. The maximum Gasteiger partial charge on any atom is 0.307 e. The topological polar surface area (TPSA) is 63.7 Å². The number of ether oxygens (including phenoxy) is 1. The van der Waals surface area contributed by atoms with E-state index in [1.807, 2.05) is 0 Å². The molecular formula is C17H33NO4SSi. The molecule has 2 atom stereocenters. The zero-order valence-electron chi connectivity index (χ0n) is 15.6. The Labute approximate surface area is 148 Å². The van der Waals surface area contributed by atoms with Gasteiger partial charge in [0.1, 0.15) is 0 Å². The minimum atomic E-state index is -3.39. The SMILES string of the molecule is C=CC[C@H]1CCC[C@@H](CC(=O)OCC)N1S(=O)(=O)CC[Si](C)(C)C. The number of carbonyl (C=O) groups excluding carboxylic acids is 1. The van der Waals surface area contributed by atoms with E-state index in [1.165, 1.54) is 0 Å². The van der Waals surface area contributed by atoms with Crippen LogP contribution >= 0.6 is 0 Å². The predicted octanol–water partition coefficient (Wildman–Crippen LogP) is 3.41. The minimum absolute atomic E-state index is 0.0812. The van der Waals surface area contributed by atoms with Crippen molar-refractivity contribution in [3.8, 4) is 0 Å². The maximum atomic E-state index is 13.0. The summed E-state index contributed by atoms with van der Waals surface area (Å²) in [6.07, 6.45) is 5.04. The average molecular weight is 376 g/mol. The van der Waals surface area contributed by atoms with Crippen LogP contribution in [0.5, 0.6) is 0 Å². The monoisotopic (exact) mass is 375 g/mol. The van der Waals surface area contributed by atoms with Gasteiger partial charge >= 0.3 is 5.97 Å². The fourth-order valence-electron chi connectivity index (χ4n) is 3.16. The van der Waals surface area contributed by atoms with Gasteiger partial charge in [0.25, 0.3) is 0 Å². The molecule has 0 aromatic heterocycles. The van der Waals surface area contributed by atoms with Crippen LogP contribution in [0.1, 0.15) is 39.0 Å². The molecule has 0 aromatic carbocycles. The summed E-state index contributed by atoms with van der Waals surface area (Å²) in [5.74, 6) is -0.137. The summed E-state index contributed by atoms with van der Waals surface area (Å²) in [4.78, 5) is 11.9. The minimum Gasteiger partial charge on any atom is -0.466 e. The molecule has 0 amide bonds. The molecule has 0 N–H and O–H groups in total. The number of rotatable bonds is 9. The number of hydrogen-bond acceptors (Lipinski definition) is 4. The highest BCUT2D eigenvalue weighted by Gasteiger charge is 2.39. The van der Waals surface area contributed by atoms with Crippen LogP contribution in [0.25, 0.3) is 0 Å². The van der Waals surface area contributed by atoms with E-state index < -0.39 is 18.1 Å². The first-order valence-electron chi connectivity index (χ1n) is 8.88. The normalized spacial score (nSPS) is 23.0. The summed E-state index contributed by atoms with van der Waals surface area (Å²) >= 11 is 0. The lowest BCUT2D eigenvalue weighted by Gasteiger charge is -2.40. The second kappa shape index (κ2) is 9.15. The van der Waals surface area contributed by atoms with Crippen molar-refractivity contribution in [3.63, 3.8) is 0 Å². The van der Waals surface area contributed by atoms with E-state index in [0.29, 0.717) is 13.0 Å². The van der Waals surface area contributed by atoms with Gasteiger partial charge in [-0.25, -0.2) is 8.42 Å². The van der Waals surface area contributed by atoms with Crippen LogP contribution in [0.4, 0.5) is 0 Å². The molecule has 1 saturated heterocycles. The Morgan fingerprint density at radius 2 is 1.92 bits per heavy atom. The number of esters is 1. The fraction of sp³-hybridized carbons (Fsp3) is 0.824. The maximum absolute atomic E-state index is 13.0. The van der Waals surface area contributed by atoms with Crippen molar-refractivity contribution in [3.05, 3.63) is 12.7 Å². The molecule has 5 nitrogen and oxygen atoms in total. The summed E-state index contributed by atoms with van der Waals surface area (Å²) < 4.78 is 32.7. The molecule has 0 bridgehead atoms. The van der Waals surface area contributed by atoms with Crippen molar-refractivity contribution in [1.29, 1.82) is 0 Å². The Morgan fingerprint density at radius 1 is 1.29 bits per heavy atom. The fourth-order valence-corrected chi connectivity index (χ4v) is 8.13. The third-order valence-electron chi connectivity index (χ3n) is 4.37. The molecule has 24 heavy (non-hydrogen) atoms. The number of sulfonamides is 1. The third kappa shape index (κ3) is 6.68. The molecule has 1 rings (SSSR count). The summed E-state index contributed by atoms with van der Waals surface area (Å²) in [5.41, 5.74) is 0. The molecule has 0 saturated carbocycles. The lowest BCUT2D eigenvalue weighted by atomic mass is 9.94. The summed E-state index contributed by atoms with van der Waals surface area (Å²) in [7, 11) is -4.84. The zero-order valence-corrected chi connectivity index (χ0v) is 17.4. The molecule has 0 radical (unpaired) electrons. The van der Waals surface area contributed by atoms with Gasteiger partial charge in [0.2, 0.25) is 10.0 Å². The van der Waals surface area contributed by atoms with Crippen LogP contribution in [0.2, 0.25) is 25.7 Å². The molecule has 0 aliphatic carbocycles. The van der Waals surface area contributed by atoms with Gasteiger partial charge in [-0.15, -0.1) is 6.58 Å². The van der Waals surface area contributed by atoms with Crippen LogP contribution in [-0.2, 0) is 19.6 Å². The van der Waals surface area contributed by atoms with Crippen molar-refractivity contribution in [2.24, 2.45) is 0 Å². The first kappa shape index (κ1) is 21.4. The predicted molar refractivity (Wildman–Crippen MR) is 101 cm³/mol. The standard InChI is InChI=1S/C17H33NO4SSi/c1-6-9-15-10-8-11-16(14-17(19)22-7-2)18(15)23(20,21)12-13-24(3,4)5/h6,15-16H,1,7-14H2,2-5H3/t15-,16-/m0/s1. The van der Waals surface area contributed by atoms with Gasteiger partial charge in [-0.1, -0.05) is 32.1 Å². The Balaban J connectivity index is 2.99. The van der Waals surface area contributed by atoms with E-state index in [1.54, 1.807) is 17.3 Å². The van der Waals surface area contributed by atoms with Gasteiger partial charge in [0, 0.05) is 20.2 Å². The lowest BCUT2D eigenvalue weighted by Crippen LogP contribution is -2.51. The van der Waals surface area contributed by atoms with E-state index in [2.05, 4.69) is 26.2 Å². The van der Waals surface area contributed by atoms with Crippen LogP contribution in [0.15, 0.2) is 12.7 Å². The molecule has 140 valence electrons. The Hall–Kier alpha value is -0.663. The van der Waals surface area contributed by atoms with E-state index in [-0.39, 0.29) is 30.2 Å². The molecule has 1 fully saturated rings. The quantitative estimate of drug-likeness (QED) is 0.352. The lowest BCUT2D eigenvalue weighted by molar-refractivity contribution is -0.144. The smallest absolute Gasteiger partial charge is 0.307 e. The third-order valence-corrected chi connectivity index (χ3v) is 8.44. The second-order valence-corrected chi connectivity index (χ2v) is 15.3.